The molecule has 4 rings (SSSR count). The maximum absolute atomic E-state index is 12.2. The fourth-order valence-corrected chi connectivity index (χ4v) is 3.48. The number of aromatic nitrogens is 1. The Morgan fingerprint density at radius 2 is 1.89 bits per heavy atom. The van der Waals surface area contributed by atoms with Gasteiger partial charge in [0.2, 0.25) is 11.8 Å². The first-order valence-corrected chi connectivity index (χ1v) is 9.59. The second-order valence-corrected chi connectivity index (χ2v) is 7.22. The molecule has 7 nitrogen and oxygen atoms in total. The van der Waals surface area contributed by atoms with E-state index in [1.54, 1.807) is 12.1 Å². The number of benzene rings is 1. The van der Waals surface area contributed by atoms with E-state index in [-0.39, 0.29) is 12.0 Å². The zero-order chi connectivity index (χ0) is 19.5. The molecule has 2 aliphatic heterocycles. The van der Waals surface area contributed by atoms with Gasteiger partial charge in [0.1, 0.15) is 6.10 Å². The molecule has 7 heteroatoms. The van der Waals surface area contributed by atoms with Gasteiger partial charge in [-0.2, -0.15) is 0 Å². The summed E-state index contributed by atoms with van der Waals surface area (Å²) in [6.45, 7) is 4.18. The van der Waals surface area contributed by atoms with E-state index in [4.69, 9.17) is 15.5 Å². The molecule has 0 bridgehead atoms. The summed E-state index contributed by atoms with van der Waals surface area (Å²) < 4.78 is 5.93. The highest BCUT2D eigenvalue weighted by Crippen LogP contribution is 2.24. The van der Waals surface area contributed by atoms with Crippen molar-refractivity contribution in [1.82, 2.24) is 14.8 Å². The van der Waals surface area contributed by atoms with E-state index in [9.17, 15) is 9.59 Å². The van der Waals surface area contributed by atoms with Crippen LogP contribution in [0, 0.1) is 0 Å². The number of ether oxygens (including phenoxy) is 1. The van der Waals surface area contributed by atoms with Crippen molar-refractivity contribution in [2.24, 2.45) is 5.73 Å². The van der Waals surface area contributed by atoms with E-state index >= 15 is 0 Å². The lowest BCUT2D eigenvalue weighted by molar-refractivity contribution is -0.137. The minimum Gasteiger partial charge on any atom is -0.369 e. The van der Waals surface area contributed by atoms with Gasteiger partial charge in [-0.1, -0.05) is 18.2 Å². The largest absolute Gasteiger partial charge is 0.369 e. The minimum absolute atomic E-state index is 0.164. The number of amides is 2. The Labute approximate surface area is 164 Å². The van der Waals surface area contributed by atoms with Crippen LogP contribution in [0.4, 0.5) is 0 Å². The Morgan fingerprint density at radius 1 is 1.11 bits per heavy atom. The summed E-state index contributed by atoms with van der Waals surface area (Å²) in [5.41, 5.74) is 8.34. The average molecular weight is 380 g/mol. The zero-order valence-corrected chi connectivity index (χ0v) is 15.7. The van der Waals surface area contributed by atoms with E-state index in [1.807, 2.05) is 35.2 Å². The van der Waals surface area contributed by atoms with Gasteiger partial charge in [0, 0.05) is 37.3 Å². The van der Waals surface area contributed by atoms with Gasteiger partial charge in [-0.05, 0) is 30.7 Å². The second-order valence-electron chi connectivity index (χ2n) is 7.22. The fraction of sp³-hybridized carbons (Fsp3) is 0.381. The molecule has 0 spiro atoms. The lowest BCUT2D eigenvalue weighted by Crippen LogP contribution is -2.49. The molecule has 2 N–H and O–H groups in total. The molecule has 0 saturated carbocycles. The van der Waals surface area contributed by atoms with Gasteiger partial charge < -0.3 is 15.4 Å². The molecule has 0 aliphatic carbocycles. The average Bonchev–Trinajstić information content (AvgIpc) is 2.67. The number of carbonyl (C=O) groups excluding carboxylic acids is 2. The maximum Gasteiger partial charge on any atom is 0.248 e. The molecular formula is C21H24N4O3. The van der Waals surface area contributed by atoms with E-state index in [1.165, 1.54) is 0 Å². The third-order valence-corrected chi connectivity index (χ3v) is 5.28. The molecule has 2 saturated heterocycles. The molecule has 3 heterocycles. The summed E-state index contributed by atoms with van der Waals surface area (Å²) in [6, 6.07) is 12.9. The summed E-state index contributed by atoms with van der Waals surface area (Å²) in [6.07, 6.45) is 0.942. The van der Waals surface area contributed by atoms with Gasteiger partial charge in [-0.3, -0.25) is 19.5 Å². The number of primary amides is 1. The topological polar surface area (TPSA) is 88.8 Å². The number of nitrogens with zero attached hydrogens (tertiary/aromatic N) is 3. The molecule has 28 heavy (non-hydrogen) atoms. The molecule has 0 unspecified atom stereocenters. The number of pyridine rings is 1. The summed E-state index contributed by atoms with van der Waals surface area (Å²) in [5.74, 6) is -0.250. The van der Waals surface area contributed by atoms with Crippen molar-refractivity contribution in [2.45, 2.75) is 12.5 Å². The first kappa shape index (κ1) is 18.6. The lowest BCUT2D eigenvalue weighted by Gasteiger charge is -2.36. The molecule has 1 aromatic heterocycles. The van der Waals surface area contributed by atoms with Crippen molar-refractivity contribution < 1.29 is 14.3 Å². The van der Waals surface area contributed by atoms with E-state index in [0.29, 0.717) is 25.3 Å². The monoisotopic (exact) mass is 380 g/mol. The number of carbonyl (C=O) groups is 2. The van der Waals surface area contributed by atoms with Crippen LogP contribution < -0.4 is 5.73 Å². The molecule has 1 aromatic carbocycles. The van der Waals surface area contributed by atoms with Crippen molar-refractivity contribution in [3.05, 3.63) is 53.7 Å². The van der Waals surface area contributed by atoms with E-state index in [2.05, 4.69) is 4.90 Å². The van der Waals surface area contributed by atoms with Gasteiger partial charge in [-0.25, -0.2) is 0 Å². The Morgan fingerprint density at radius 3 is 2.57 bits per heavy atom. The molecular weight excluding hydrogens is 356 g/mol. The summed E-state index contributed by atoms with van der Waals surface area (Å²) in [4.78, 5) is 32.3. The normalized spacial score (nSPS) is 19.9. The Hall–Kier alpha value is -2.77. The first-order chi connectivity index (χ1) is 13.6. The third kappa shape index (κ3) is 4.05. The number of likely N-dealkylation sites (tertiary alicyclic amines) is 1. The molecule has 0 radical (unpaired) electrons. The number of rotatable bonds is 5. The predicted molar refractivity (Wildman–Crippen MR) is 105 cm³/mol. The van der Waals surface area contributed by atoms with E-state index < -0.39 is 5.91 Å². The third-order valence-electron chi connectivity index (χ3n) is 5.28. The fourth-order valence-electron chi connectivity index (χ4n) is 3.48. The number of morpholine rings is 1. The lowest BCUT2D eigenvalue weighted by atomic mass is 10.1. The molecule has 2 fully saturated rings. The van der Waals surface area contributed by atoms with Crippen molar-refractivity contribution in [1.29, 1.82) is 0 Å². The summed E-state index contributed by atoms with van der Waals surface area (Å²) >= 11 is 0. The second kappa shape index (κ2) is 8.08. The molecule has 1 atom stereocenters. The molecule has 2 aliphatic rings. The maximum atomic E-state index is 12.2. The Kier molecular flexibility index (Phi) is 5.36. The van der Waals surface area contributed by atoms with Gasteiger partial charge in [0.05, 0.1) is 24.5 Å². The molecule has 2 aromatic rings. The first-order valence-electron chi connectivity index (χ1n) is 9.59. The highest BCUT2D eigenvalue weighted by molar-refractivity contribution is 5.93. The van der Waals surface area contributed by atoms with Crippen LogP contribution in [0.3, 0.4) is 0 Å². The van der Waals surface area contributed by atoms with Crippen LogP contribution in [-0.4, -0.2) is 65.9 Å². The molecule has 2 amide bonds. The highest BCUT2D eigenvalue weighted by atomic mass is 16.5. The number of hydrogen-bond donors (Lipinski definition) is 1. The Bertz CT molecular complexity index is 864. The van der Waals surface area contributed by atoms with Crippen LogP contribution in [0.2, 0.25) is 0 Å². The van der Waals surface area contributed by atoms with Gasteiger partial charge >= 0.3 is 0 Å². The highest BCUT2D eigenvalue weighted by Gasteiger charge is 2.27. The quantitative estimate of drug-likeness (QED) is 0.848. The van der Waals surface area contributed by atoms with Gasteiger partial charge in [0.15, 0.2) is 0 Å². The Balaban J connectivity index is 1.45. The van der Waals surface area contributed by atoms with Crippen LogP contribution in [0.5, 0.6) is 0 Å². The standard InChI is InChI=1S/C21H24N4O3/c22-21(27)16-7-5-15(6-8-16)17-3-1-4-18(23-17)19-13-24(11-12-28-19)14-20(26)25-9-2-10-25/h1,3-8,19H,2,9-14H2,(H2,22,27)/t19-/m1/s1. The zero-order valence-electron chi connectivity index (χ0n) is 15.7. The minimum atomic E-state index is -0.447. The van der Waals surface area contributed by atoms with E-state index in [0.717, 1.165) is 43.0 Å². The SMILES string of the molecule is NC(=O)c1ccc(-c2cccc([C@H]3CN(CC(=O)N4CCC4)CCO3)n2)cc1. The van der Waals surface area contributed by atoms with Crippen LogP contribution in [0.25, 0.3) is 11.3 Å². The van der Waals surface area contributed by atoms with Crippen LogP contribution in [0.15, 0.2) is 42.5 Å². The van der Waals surface area contributed by atoms with Crippen molar-refractivity contribution in [2.75, 3.05) is 39.3 Å². The van der Waals surface area contributed by atoms with Crippen LogP contribution in [-0.2, 0) is 9.53 Å². The van der Waals surface area contributed by atoms with Crippen LogP contribution >= 0.6 is 0 Å². The van der Waals surface area contributed by atoms with Gasteiger partial charge in [-0.15, -0.1) is 0 Å². The summed E-state index contributed by atoms with van der Waals surface area (Å²) in [7, 11) is 0. The van der Waals surface area contributed by atoms with Gasteiger partial charge in [0.25, 0.3) is 0 Å². The van der Waals surface area contributed by atoms with Crippen molar-refractivity contribution in [3.63, 3.8) is 0 Å². The summed E-state index contributed by atoms with van der Waals surface area (Å²) in [5, 5.41) is 0. The smallest absolute Gasteiger partial charge is 0.248 e. The number of nitrogens with two attached hydrogens (primary N) is 1. The van der Waals surface area contributed by atoms with Crippen molar-refractivity contribution >= 4 is 11.8 Å². The predicted octanol–water partition coefficient (Wildman–Crippen LogP) is 1.45. The molecule has 146 valence electrons. The van der Waals surface area contributed by atoms with Crippen LogP contribution in [0.1, 0.15) is 28.6 Å². The van der Waals surface area contributed by atoms with Crippen molar-refractivity contribution in [3.8, 4) is 11.3 Å². The number of hydrogen-bond acceptors (Lipinski definition) is 5.